The predicted molar refractivity (Wildman–Crippen MR) is 44.0 cm³/mol. The van der Waals surface area contributed by atoms with Gasteiger partial charge in [0.1, 0.15) is 5.69 Å². The summed E-state index contributed by atoms with van der Waals surface area (Å²) < 4.78 is 13.1. The number of nitrogens with one attached hydrogen (secondary N) is 1. The molecule has 2 nitrogen and oxygen atoms in total. The lowest BCUT2D eigenvalue weighted by Crippen LogP contribution is -1.87. The molecule has 0 radical (unpaired) electrons. The van der Waals surface area contributed by atoms with Crippen LogP contribution in [-0.2, 0) is 0 Å². The number of halogens is 1. The van der Waals surface area contributed by atoms with E-state index in [0.717, 1.165) is 0 Å². The molecule has 0 amide bonds. The van der Waals surface area contributed by atoms with Crippen molar-refractivity contribution in [2.24, 2.45) is 0 Å². The highest BCUT2D eigenvalue weighted by Gasteiger charge is 2.04. The van der Waals surface area contributed by atoms with Gasteiger partial charge in [0, 0.05) is 12.4 Å². The molecule has 0 aliphatic carbocycles. The van der Waals surface area contributed by atoms with E-state index in [-0.39, 0.29) is 5.82 Å². The van der Waals surface area contributed by atoms with Gasteiger partial charge < -0.3 is 4.98 Å². The maximum Gasteiger partial charge on any atom is 0.150 e. The summed E-state index contributed by atoms with van der Waals surface area (Å²) in [5.41, 5.74) is 1.07. The van der Waals surface area contributed by atoms with E-state index in [9.17, 15) is 4.39 Å². The molecule has 2 heterocycles. The number of aromatic nitrogens is 2. The zero-order valence-electron chi connectivity index (χ0n) is 6.29. The standard InChI is InChI=1S/C9H7FN2/c10-7-3-1-6-12-9(7)8-4-2-5-11-8/h1-6,11H. The van der Waals surface area contributed by atoms with Crippen molar-refractivity contribution in [2.45, 2.75) is 0 Å². The topological polar surface area (TPSA) is 28.7 Å². The van der Waals surface area contributed by atoms with Crippen LogP contribution in [0.4, 0.5) is 4.39 Å². The normalized spacial score (nSPS) is 10.1. The van der Waals surface area contributed by atoms with Crippen LogP contribution in [0.15, 0.2) is 36.7 Å². The van der Waals surface area contributed by atoms with Crippen molar-refractivity contribution >= 4 is 0 Å². The Labute approximate surface area is 69.1 Å². The molecule has 3 heteroatoms. The number of hydrogen-bond donors (Lipinski definition) is 1. The molecule has 0 saturated carbocycles. The maximum absolute atomic E-state index is 13.1. The van der Waals surface area contributed by atoms with Crippen LogP contribution in [-0.4, -0.2) is 9.97 Å². The van der Waals surface area contributed by atoms with Crippen molar-refractivity contribution in [3.05, 3.63) is 42.5 Å². The summed E-state index contributed by atoms with van der Waals surface area (Å²) in [6, 6.07) is 6.56. The van der Waals surface area contributed by atoms with E-state index >= 15 is 0 Å². The second kappa shape index (κ2) is 2.77. The van der Waals surface area contributed by atoms with Crippen LogP contribution < -0.4 is 0 Å². The molecule has 2 aromatic heterocycles. The minimum atomic E-state index is -0.306. The van der Waals surface area contributed by atoms with Gasteiger partial charge in [-0.05, 0) is 24.3 Å². The fourth-order valence-electron chi connectivity index (χ4n) is 1.06. The molecule has 2 aromatic rings. The summed E-state index contributed by atoms with van der Waals surface area (Å²) in [5, 5.41) is 0. The number of rotatable bonds is 1. The highest BCUT2D eigenvalue weighted by molar-refractivity contribution is 5.54. The zero-order chi connectivity index (χ0) is 8.39. The van der Waals surface area contributed by atoms with E-state index < -0.39 is 0 Å². The molecule has 60 valence electrons. The van der Waals surface area contributed by atoms with Crippen molar-refractivity contribution in [1.82, 2.24) is 9.97 Å². The van der Waals surface area contributed by atoms with Crippen LogP contribution in [0.2, 0.25) is 0 Å². The SMILES string of the molecule is Fc1cccnc1-c1ccc[nH]1. The van der Waals surface area contributed by atoms with Gasteiger partial charge in [-0.2, -0.15) is 0 Å². The predicted octanol–water partition coefficient (Wildman–Crippen LogP) is 2.22. The van der Waals surface area contributed by atoms with Crippen LogP contribution in [0.25, 0.3) is 11.4 Å². The average molecular weight is 162 g/mol. The van der Waals surface area contributed by atoms with E-state index in [0.29, 0.717) is 11.4 Å². The van der Waals surface area contributed by atoms with E-state index in [1.54, 1.807) is 24.5 Å². The molecule has 0 unspecified atom stereocenters. The maximum atomic E-state index is 13.1. The first-order valence-corrected chi connectivity index (χ1v) is 3.62. The van der Waals surface area contributed by atoms with E-state index in [2.05, 4.69) is 9.97 Å². The molecule has 0 aliphatic rings. The number of nitrogens with zero attached hydrogens (tertiary/aromatic N) is 1. The molecule has 0 atom stereocenters. The molecule has 0 bridgehead atoms. The lowest BCUT2D eigenvalue weighted by Gasteiger charge is -1.96. The van der Waals surface area contributed by atoms with Crippen LogP contribution in [0.3, 0.4) is 0 Å². The Morgan fingerprint density at radius 3 is 2.83 bits per heavy atom. The van der Waals surface area contributed by atoms with E-state index in [1.807, 2.05) is 6.07 Å². The Morgan fingerprint density at radius 2 is 2.17 bits per heavy atom. The minimum absolute atomic E-state index is 0.306. The highest BCUT2D eigenvalue weighted by atomic mass is 19.1. The van der Waals surface area contributed by atoms with E-state index in [4.69, 9.17) is 0 Å². The van der Waals surface area contributed by atoms with E-state index in [1.165, 1.54) is 6.07 Å². The zero-order valence-corrected chi connectivity index (χ0v) is 6.29. The molecule has 0 spiro atoms. The third kappa shape index (κ3) is 1.09. The van der Waals surface area contributed by atoms with Crippen LogP contribution >= 0.6 is 0 Å². The first-order valence-electron chi connectivity index (χ1n) is 3.62. The third-order valence-electron chi connectivity index (χ3n) is 1.61. The number of aromatic amines is 1. The Bertz CT molecular complexity index is 368. The van der Waals surface area contributed by atoms with Crippen molar-refractivity contribution in [2.75, 3.05) is 0 Å². The first kappa shape index (κ1) is 7.03. The van der Waals surface area contributed by atoms with Gasteiger partial charge in [-0.25, -0.2) is 4.39 Å². The lowest BCUT2D eigenvalue weighted by atomic mass is 10.2. The largest absolute Gasteiger partial charge is 0.360 e. The second-order valence-electron chi connectivity index (χ2n) is 2.42. The van der Waals surface area contributed by atoms with Gasteiger partial charge in [0.15, 0.2) is 5.82 Å². The molecular weight excluding hydrogens is 155 g/mol. The average Bonchev–Trinajstić information content (AvgIpc) is 2.57. The Hall–Kier alpha value is -1.64. The Kier molecular flexibility index (Phi) is 1.63. The molecule has 1 N–H and O–H groups in total. The van der Waals surface area contributed by atoms with Crippen molar-refractivity contribution in [3.63, 3.8) is 0 Å². The summed E-state index contributed by atoms with van der Waals surface area (Å²) in [4.78, 5) is 6.81. The summed E-state index contributed by atoms with van der Waals surface area (Å²) in [5.74, 6) is -0.306. The van der Waals surface area contributed by atoms with Crippen LogP contribution in [0.5, 0.6) is 0 Å². The van der Waals surface area contributed by atoms with Gasteiger partial charge >= 0.3 is 0 Å². The summed E-state index contributed by atoms with van der Waals surface area (Å²) >= 11 is 0. The van der Waals surface area contributed by atoms with Gasteiger partial charge in [-0.1, -0.05) is 0 Å². The lowest BCUT2D eigenvalue weighted by molar-refractivity contribution is 0.625. The Balaban J connectivity index is 2.55. The molecule has 0 aromatic carbocycles. The van der Waals surface area contributed by atoms with Gasteiger partial charge in [0.05, 0.1) is 5.69 Å². The van der Waals surface area contributed by atoms with Crippen molar-refractivity contribution in [3.8, 4) is 11.4 Å². The molecule has 0 fully saturated rings. The van der Waals surface area contributed by atoms with Gasteiger partial charge in [-0.15, -0.1) is 0 Å². The summed E-state index contributed by atoms with van der Waals surface area (Å²) in [7, 11) is 0. The smallest absolute Gasteiger partial charge is 0.150 e. The summed E-state index contributed by atoms with van der Waals surface area (Å²) in [6.45, 7) is 0. The third-order valence-corrected chi connectivity index (χ3v) is 1.61. The first-order chi connectivity index (χ1) is 5.88. The molecule has 0 aliphatic heterocycles. The highest BCUT2D eigenvalue weighted by Crippen LogP contribution is 2.16. The number of pyridine rings is 1. The fraction of sp³-hybridized carbons (Fsp3) is 0. The second-order valence-corrected chi connectivity index (χ2v) is 2.42. The fourth-order valence-corrected chi connectivity index (χ4v) is 1.06. The van der Waals surface area contributed by atoms with Crippen molar-refractivity contribution in [1.29, 1.82) is 0 Å². The Morgan fingerprint density at radius 1 is 1.25 bits per heavy atom. The molecule has 0 saturated heterocycles. The quantitative estimate of drug-likeness (QED) is 0.684. The molecular formula is C9H7FN2. The van der Waals surface area contributed by atoms with Gasteiger partial charge in [0.2, 0.25) is 0 Å². The van der Waals surface area contributed by atoms with Crippen molar-refractivity contribution < 1.29 is 4.39 Å². The number of H-pyrrole nitrogens is 1. The molecule has 2 rings (SSSR count). The minimum Gasteiger partial charge on any atom is -0.360 e. The summed E-state index contributed by atoms with van der Waals surface area (Å²) in [6.07, 6.45) is 3.31. The van der Waals surface area contributed by atoms with Gasteiger partial charge in [-0.3, -0.25) is 4.98 Å². The van der Waals surface area contributed by atoms with Gasteiger partial charge in [0.25, 0.3) is 0 Å². The number of hydrogen-bond acceptors (Lipinski definition) is 1. The molecule has 12 heavy (non-hydrogen) atoms. The van der Waals surface area contributed by atoms with Crippen LogP contribution in [0.1, 0.15) is 0 Å². The monoisotopic (exact) mass is 162 g/mol. The van der Waals surface area contributed by atoms with Crippen LogP contribution in [0, 0.1) is 5.82 Å².